The van der Waals surface area contributed by atoms with Gasteiger partial charge < -0.3 is 14.4 Å². The van der Waals surface area contributed by atoms with E-state index < -0.39 is 11.6 Å². The molecular formula is C18H20ClNO5. The second-order valence-electron chi connectivity index (χ2n) is 6.40. The number of ether oxygens (including phenoxy) is 2. The summed E-state index contributed by atoms with van der Waals surface area (Å²) in [6, 6.07) is 4.99. The van der Waals surface area contributed by atoms with Gasteiger partial charge in [0.25, 0.3) is 0 Å². The van der Waals surface area contributed by atoms with Crippen molar-refractivity contribution in [3.05, 3.63) is 28.8 Å². The topological polar surface area (TPSA) is 72.9 Å². The Bertz CT molecular complexity index is 719. The third-order valence-corrected chi connectivity index (χ3v) is 4.90. The van der Waals surface area contributed by atoms with Gasteiger partial charge in [0.1, 0.15) is 17.9 Å². The Morgan fingerprint density at radius 3 is 2.92 bits per heavy atom. The van der Waals surface area contributed by atoms with Crippen molar-refractivity contribution in [3.63, 3.8) is 0 Å². The van der Waals surface area contributed by atoms with Crippen LogP contribution in [0.5, 0.6) is 5.75 Å². The second kappa shape index (κ2) is 7.04. The molecule has 1 aromatic rings. The van der Waals surface area contributed by atoms with Gasteiger partial charge in [-0.1, -0.05) is 11.6 Å². The van der Waals surface area contributed by atoms with Gasteiger partial charge in [-0.05, 0) is 31.5 Å². The molecule has 0 radical (unpaired) electrons. The first-order valence-electron chi connectivity index (χ1n) is 8.37. The molecule has 0 bridgehead atoms. The first kappa shape index (κ1) is 17.7. The quantitative estimate of drug-likeness (QED) is 0.770. The Balaban J connectivity index is 1.76. The molecule has 25 heavy (non-hydrogen) atoms. The van der Waals surface area contributed by atoms with E-state index in [1.54, 1.807) is 25.1 Å². The normalized spacial score (nSPS) is 23.0. The number of nitrogens with zero attached hydrogens (tertiary/aromatic N) is 1. The molecule has 0 saturated carbocycles. The Kier molecular flexibility index (Phi) is 4.99. The minimum absolute atomic E-state index is 0.0324. The molecular weight excluding hydrogens is 346 g/mol. The second-order valence-corrected chi connectivity index (χ2v) is 6.83. The first-order valence-corrected chi connectivity index (χ1v) is 8.75. The lowest BCUT2D eigenvalue weighted by molar-refractivity contribution is -0.148. The number of carbonyl (C=O) groups excluding carboxylic acids is 3. The van der Waals surface area contributed by atoms with Crippen LogP contribution in [0.15, 0.2) is 18.2 Å². The molecule has 0 N–H and O–H groups in total. The zero-order valence-corrected chi connectivity index (χ0v) is 14.8. The van der Waals surface area contributed by atoms with Crippen LogP contribution in [0.2, 0.25) is 5.02 Å². The number of rotatable bonds is 3. The third-order valence-electron chi connectivity index (χ3n) is 4.66. The summed E-state index contributed by atoms with van der Waals surface area (Å²) in [4.78, 5) is 38.0. The average molecular weight is 366 g/mol. The van der Waals surface area contributed by atoms with Gasteiger partial charge >= 0.3 is 5.97 Å². The fourth-order valence-electron chi connectivity index (χ4n) is 3.36. The molecule has 1 aromatic carbocycles. The number of benzene rings is 1. The van der Waals surface area contributed by atoms with Crippen LogP contribution in [-0.4, -0.2) is 47.9 Å². The van der Waals surface area contributed by atoms with Crippen LogP contribution in [-0.2, 0) is 14.3 Å². The van der Waals surface area contributed by atoms with Gasteiger partial charge in [-0.3, -0.25) is 14.4 Å². The summed E-state index contributed by atoms with van der Waals surface area (Å²) < 4.78 is 11.1. The predicted molar refractivity (Wildman–Crippen MR) is 90.8 cm³/mol. The molecule has 6 nitrogen and oxygen atoms in total. The summed E-state index contributed by atoms with van der Waals surface area (Å²) in [7, 11) is 0. The van der Waals surface area contributed by atoms with Gasteiger partial charge in [-0.15, -0.1) is 0 Å². The number of hydrogen-bond donors (Lipinski definition) is 0. The van der Waals surface area contributed by atoms with Gasteiger partial charge in [0, 0.05) is 24.4 Å². The van der Waals surface area contributed by atoms with Gasteiger partial charge in [0.15, 0.2) is 5.78 Å². The highest BCUT2D eigenvalue weighted by Crippen LogP contribution is 2.40. The number of ketones is 1. The van der Waals surface area contributed by atoms with Crippen LogP contribution >= 0.6 is 11.6 Å². The number of Topliss-reactive ketones (excluding diaryl/α,β-unsaturated/α-hetero) is 1. The molecule has 0 unspecified atom stereocenters. The monoisotopic (exact) mass is 365 g/mol. The van der Waals surface area contributed by atoms with Crippen LogP contribution < -0.4 is 4.74 Å². The fourth-order valence-corrected chi connectivity index (χ4v) is 3.53. The third kappa shape index (κ3) is 3.79. The molecule has 1 amide bonds. The number of amides is 1. The number of halogens is 1. The molecule has 7 heteroatoms. The van der Waals surface area contributed by atoms with Crippen molar-refractivity contribution < 1.29 is 23.9 Å². The highest BCUT2D eigenvalue weighted by atomic mass is 35.5. The van der Waals surface area contributed by atoms with E-state index in [1.807, 2.05) is 0 Å². The van der Waals surface area contributed by atoms with E-state index in [-0.39, 0.29) is 37.7 Å². The number of hydrogen-bond acceptors (Lipinski definition) is 5. The summed E-state index contributed by atoms with van der Waals surface area (Å²) in [5.74, 6) is -0.0720. The van der Waals surface area contributed by atoms with Crippen molar-refractivity contribution in [1.29, 1.82) is 0 Å². The number of esters is 1. The predicted octanol–water partition coefficient (Wildman–Crippen LogP) is 2.62. The SMILES string of the molecule is CCOC(=O)CN1CC[C@]2(CCC1=O)CC(=O)c1cc(Cl)ccc1O2. The molecule has 1 saturated heterocycles. The number of fused-ring (bicyclic) bond motifs is 1. The van der Waals surface area contributed by atoms with Crippen molar-refractivity contribution in [3.8, 4) is 5.75 Å². The van der Waals surface area contributed by atoms with Crippen LogP contribution in [0, 0.1) is 0 Å². The smallest absolute Gasteiger partial charge is 0.325 e. The zero-order chi connectivity index (χ0) is 18.0. The molecule has 134 valence electrons. The Morgan fingerprint density at radius 1 is 1.36 bits per heavy atom. The maximum absolute atomic E-state index is 12.5. The first-order chi connectivity index (χ1) is 11.9. The van der Waals surface area contributed by atoms with Gasteiger partial charge in [0.2, 0.25) is 5.91 Å². The van der Waals surface area contributed by atoms with E-state index in [2.05, 4.69) is 0 Å². The van der Waals surface area contributed by atoms with Crippen LogP contribution in [0.1, 0.15) is 43.0 Å². The van der Waals surface area contributed by atoms with E-state index in [4.69, 9.17) is 21.1 Å². The molecule has 1 fully saturated rings. The van der Waals surface area contributed by atoms with Crippen LogP contribution in [0.3, 0.4) is 0 Å². The molecule has 0 aliphatic carbocycles. The molecule has 0 aromatic heterocycles. The fraction of sp³-hybridized carbons (Fsp3) is 0.500. The Labute approximate surface area is 151 Å². The highest BCUT2D eigenvalue weighted by molar-refractivity contribution is 6.31. The van der Waals surface area contributed by atoms with E-state index in [9.17, 15) is 14.4 Å². The summed E-state index contributed by atoms with van der Waals surface area (Å²) in [6.07, 6.45) is 1.38. The maximum Gasteiger partial charge on any atom is 0.325 e. The molecule has 1 spiro atoms. The molecule has 2 heterocycles. The van der Waals surface area contributed by atoms with Crippen LogP contribution in [0.4, 0.5) is 0 Å². The lowest BCUT2D eigenvalue weighted by atomic mass is 9.84. The average Bonchev–Trinajstić information content (AvgIpc) is 2.70. The lowest BCUT2D eigenvalue weighted by Crippen LogP contribution is -2.43. The van der Waals surface area contributed by atoms with Crippen molar-refractivity contribution in [2.45, 2.75) is 38.2 Å². The summed E-state index contributed by atoms with van der Waals surface area (Å²) in [5, 5.41) is 0.489. The Morgan fingerprint density at radius 2 is 2.16 bits per heavy atom. The summed E-state index contributed by atoms with van der Waals surface area (Å²) in [5.41, 5.74) is -0.228. The van der Waals surface area contributed by atoms with E-state index >= 15 is 0 Å². The minimum Gasteiger partial charge on any atom is -0.486 e. The molecule has 1 atom stereocenters. The van der Waals surface area contributed by atoms with Crippen molar-refractivity contribution >= 4 is 29.3 Å². The van der Waals surface area contributed by atoms with Crippen molar-refractivity contribution in [2.75, 3.05) is 19.7 Å². The zero-order valence-electron chi connectivity index (χ0n) is 14.0. The lowest BCUT2D eigenvalue weighted by Gasteiger charge is -2.37. The van der Waals surface area contributed by atoms with Gasteiger partial charge in [0.05, 0.1) is 18.6 Å². The van der Waals surface area contributed by atoms with Gasteiger partial charge in [-0.2, -0.15) is 0 Å². The highest BCUT2D eigenvalue weighted by Gasteiger charge is 2.43. The number of carbonyl (C=O) groups is 3. The van der Waals surface area contributed by atoms with E-state index in [0.717, 1.165) is 0 Å². The molecule has 2 aliphatic heterocycles. The standard InChI is InChI=1S/C18H20ClNO5/c1-2-24-17(23)11-20-8-7-18(6-5-16(20)22)10-14(21)13-9-12(19)3-4-15(13)25-18/h3-4,9H,2,5-8,10-11H2,1H3/t18-/m1/s1. The number of likely N-dealkylation sites (tertiary alicyclic amines) is 1. The Hall–Kier alpha value is -2.08. The van der Waals surface area contributed by atoms with Crippen molar-refractivity contribution in [2.24, 2.45) is 0 Å². The van der Waals surface area contributed by atoms with Crippen LogP contribution in [0.25, 0.3) is 0 Å². The maximum atomic E-state index is 12.5. The van der Waals surface area contributed by atoms with Crippen molar-refractivity contribution in [1.82, 2.24) is 4.90 Å². The van der Waals surface area contributed by atoms with E-state index in [0.29, 0.717) is 35.7 Å². The largest absolute Gasteiger partial charge is 0.486 e. The summed E-state index contributed by atoms with van der Waals surface area (Å²) >= 11 is 5.95. The summed E-state index contributed by atoms with van der Waals surface area (Å²) in [6.45, 7) is 2.29. The van der Waals surface area contributed by atoms with Gasteiger partial charge in [-0.25, -0.2) is 0 Å². The minimum atomic E-state index is -0.711. The van der Waals surface area contributed by atoms with E-state index in [1.165, 1.54) is 4.90 Å². The molecule has 2 aliphatic rings. The molecule has 3 rings (SSSR count).